The van der Waals surface area contributed by atoms with Gasteiger partial charge in [-0.15, -0.1) is 0 Å². The number of alkyl carbamates (subject to hydrolysis) is 1. The summed E-state index contributed by atoms with van der Waals surface area (Å²) in [5.41, 5.74) is -4.07. The SMILES string of the molecule is CC(C)(C)OC(=O)N[C@@]1(C(=O)OC(C)(C)C)C[C@H](F)[C@H]2[C@H](C(=O)OC(C)(C)C)[C@H]21. The summed E-state index contributed by atoms with van der Waals surface area (Å²) in [4.78, 5) is 38.2. The van der Waals surface area contributed by atoms with Crippen LogP contribution in [-0.2, 0) is 23.8 Å². The molecule has 1 N–H and O–H groups in total. The molecule has 5 atom stereocenters. The van der Waals surface area contributed by atoms with Gasteiger partial charge in [0.2, 0.25) is 0 Å². The molecule has 0 spiro atoms. The topological polar surface area (TPSA) is 90.9 Å². The van der Waals surface area contributed by atoms with Gasteiger partial charge in [-0.25, -0.2) is 14.0 Å². The van der Waals surface area contributed by atoms with Crippen LogP contribution in [0.25, 0.3) is 0 Å². The molecule has 0 saturated heterocycles. The minimum absolute atomic E-state index is 0.268. The van der Waals surface area contributed by atoms with Crippen LogP contribution >= 0.6 is 0 Å². The maximum Gasteiger partial charge on any atom is 0.408 e. The standard InChI is InChI=1S/C21H34FNO6/c1-18(2,3)27-15(24)13-12-11(22)10-21(14(12)13,16(25)28-19(4,5)6)23-17(26)29-20(7,8)9/h11-14H,10H2,1-9H3,(H,23,26)/t11-,12-,13-,14-,21-/m0/s1. The zero-order chi connectivity index (χ0) is 22.6. The molecular formula is C21H34FNO6. The zero-order valence-electron chi connectivity index (χ0n) is 18.8. The Kier molecular flexibility index (Phi) is 5.76. The van der Waals surface area contributed by atoms with E-state index in [1.807, 2.05) is 0 Å². The van der Waals surface area contributed by atoms with Gasteiger partial charge in [0.1, 0.15) is 28.5 Å². The summed E-state index contributed by atoms with van der Waals surface area (Å²) in [7, 11) is 0. The largest absolute Gasteiger partial charge is 0.460 e. The number of fused-ring (bicyclic) bond motifs is 1. The summed E-state index contributed by atoms with van der Waals surface area (Å²) in [5, 5.41) is 2.56. The molecule has 0 aromatic heterocycles. The molecule has 0 unspecified atom stereocenters. The average molecular weight is 416 g/mol. The van der Waals surface area contributed by atoms with E-state index >= 15 is 0 Å². The highest BCUT2D eigenvalue weighted by molar-refractivity contribution is 5.91. The van der Waals surface area contributed by atoms with Crippen LogP contribution in [0.4, 0.5) is 9.18 Å². The molecule has 2 aliphatic carbocycles. The number of alkyl halides is 1. The van der Waals surface area contributed by atoms with Gasteiger partial charge in [0.05, 0.1) is 5.92 Å². The number of carbonyl (C=O) groups is 3. The fourth-order valence-electron chi connectivity index (χ4n) is 3.93. The van der Waals surface area contributed by atoms with E-state index in [9.17, 15) is 18.8 Å². The van der Waals surface area contributed by atoms with E-state index in [0.717, 1.165) is 0 Å². The van der Waals surface area contributed by atoms with Crippen molar-refractivity contribution >= 4 is 18.0 Å². The first-order chi connectivity index (χ1) is 12.9. The van der Waals surface area contributed by atoms with Crippen molar-refractivity contribution in [2.24, 2.45) is 17.8 Å². The second kappa shape index (κ2) is 7.13. The highest BCUT2D eigenvalue weighted by Crippen LogP contribution is 2.64. The van der Waals surface area contributed by atoms with E-state index in [0.29, 0.717) is 0 Å². The third-order valence-electron chi connectivity index (χ3n) is 4.75. The van der Waals surface area contributed by atoms with E-state index in [1.54, 1.807) is 62.3 Å². The molecule has 2 saturated carbocycles. The van der Waals surface area contributed by atoms with Crippen LogP contribution in [0.5, 0.6) is 0 Å². The molecule has 0 radical (unpaired) electrons. The predicted octanol–water partition coefficient (Wildman–Crippen LogP) is 3.54. The monoisotopic (exact) mass is 415 g/mol. The second-order valence-corrected chi connectivity index (χ2v) is 11.0. The van der Waals surface area contributed by atoms with Crippen molar-refractivity contribution in [1.82, 2.24) is 5.32 Å². The highest BCUT2D eigenvalue weighted by Gasteiger charge is 2.77. The van der Waals surface area contributed by atoms with Gasteiger partial charge in [0.25, 0.3) is 0 Å². The Morgan fingerprint density at radius 1 is 0.862 bits per heavy atom. The van der Waals surface area contributed by atoms with Gasteiger partial charge in [0, 0.05) is 18.3 Å². The van der Waals surface area contributed by atoms with Crippen molar-refractivity contribution in [2.45, 2.75) is 97.2 Å². The fourth-order valence-corrected chi connectivity index (χ4v) is 3.93. The molecule has 7 nitrogen and oxygen atoms in total. The van der Waals surface area contributed by atoms with Crippen LogP contribution in [0.1, 0.15) is 68.7 Å². The van der Waals surface area contributed by atoms with E-state index in [1.165, 1.54) is 0 Å². The maximum absolute atomic E-state index is 14.9. The van der Waals surface area contributed by atoms with Gasteiger partial charge in [-0.2, -0.15) is 0 Å². The second-order valence-electron chi connectivity index (χ2n) is 11.0. The molecule has 0 aromatic carbocycles. The summed E-state index contributed by atoms with van der Waals surface area (Å²) in [5.74, 6) is -3.60. The van der Waals surface area contributed by atoms with Gasteiger partial charge in [-0.3, -0.25) is 4.79 Å². The number of hydrogen-bond acceptors (Lipinski definition) is 6. The molecule has 8 heteroatoms. The number of hydrogen-bond donors (Lipinski definition) is 1. The lowest BCUT2D eigenvalue weighted by molar-refractivity contribution is -0.166. The zero-order valence-corrected chi connectivity index (χ0v) is 18.8. The molecule has 2 fully saturated rings. The van der Waals surface area contributed by atoms with Crippen LogP contribution in [0, 0.1) is 17.8 Å². The van der Waals surface area contributed by atoms with E-state index in [-0.39, 0.29) is 6.42 Å². The number of esters is 2. The van der Waals surface area contributed by atoms with Crippen LogP contribution in [-0.4, -0.2) is 46.5 Å². The fraction of sp³-hybridized carbons (Fsp3) is 0.857. The highest BCUT2D eigenvalue weighted by atomic mass is 19.1. The van der Waals surface area contributed by atoms with Gasteiger partial charge in [-0.1, -0.05) is 0 Å². The maximum atomic E-state index is 14.9. The van der Waals surface area contributed by atoms with E-state index in [2.05, 4.69) is 5.32 Å². The van der Waals surface area contributed by atoms with Gasteiger partial charge in [-0.05, 0) is 62.3 Å². The average Bonchev–Trinajstić information content (AvgIpc) is 3.10. The Balaban J connectivity index is 2.34. The van der Waals surface area contributed by atoms with Crippen molar-refractivity contribution in [3.05, 3.63) is 0 Å². The molecule has 0 heterocycles. The molecule has 2 aliphatic rings. The summed E-state index contributed by atoms with van der Waals surface area (Å²) >= 11 is 0. The first-order valence-corrected chi connectivity index (χ1v) is 9.98. The molecule has 29 heavy (non-hydrogen) atoms. The molecule has 2 rings (SSSR count). The van der Waals surface area contributed by atoms with Gasteiger partial charge >= 0.3 is 18.0 Å². The lowest BCUT2D eigenvalue weighted by atomic mass is 9.89. The quantitative estimate of drug-likeness (QED) is 0.560. The van der Waals surface area contributed by atoms with Crippen LogP contribution in [0.3, 0.4) is 0 Å². The molecule has 0 aromatic rings. The minimum Gasteiger partial charge on any atom is -0.460 e. The lowest BCUT2D eigenvalue weighted by Gasteiger charge is -2.35. The summed E-state index contributed by atoms with van der Waals surface area (Å²) in [6.45, 7) is 15.3. The van der Waals surface area contributed by atoms with Crippen molar-refractivity contribution in [2.75, 3.05) is 0 Å². The molecule has 0 aliphatic heterocycles. The van der Waals surface area contributed by atoms with E-state index in [4.69, 9.17) is 14.2 Å². The number of halogens is 1. The van der Waals surface area contributed by atoms with Crippen molar-refractivity contribution in [3.8, 4) is 0 Å². The third-order valence-corrected chi connectivity index (χ3v) is 4.75. The number of nitrogens with one attached hydrogen (secondary N) is 1. The Bertz CT molecular complexity index is 687. The molecular weight excluding hydrogens is 381 g/mol. The van der Waals surface area contributed by atoms with E-state index < -0.39 is 64.3 Å². The molecule has 1 amide bonds. The number of ether oxygens (including phenoxy) is 3. The Labute approximate surface area is 172 Å². The minimum atomic E-state index is -1.68. The van der Waals surface area contributed by atoms with Crippen molar-refractivity contribution in [3.63, 3.8) is 0 Å². The van der Waals surface area contributed by atoms with Gasteiger partial charge < -0.3 is 19.5 Å². The predicted molar refractivity (Wildman–Crippen MR) is 104 cm³/mol. The Morgan fingerprint density at radius 3 is 1.79 bits per heavy atom. The third kappa shape index (κ3) is 5.39. The smallest absolute Gasteiger partial charge is 0.408 e. The normalized spacial score (nSPS) is 31.5. The van der Waals surface area contributed by atoms with Crippen molar-refractivity contribution in [1.29, 1.82) is 0 Å². The summed E-state index contributed by atoms with van der Waals surface area (Å²) < 4.78 is 31.1. The number of carbonyl (C=O) groups excluding carboxylic acids is 3. The first-order valence-electron chi connectivity index (χ1n) is 9.98. The molecule has 166 valence electrons. The van der Waals surface area contributed by atoms with Crippen molar-refractivity contribution < 1.29 is 33.0 Å². The Morgan fingerprint density at radius 2 is 1.34 bits per heavy atom. The molecule has 0 bridgehead atoms. The number of amides is 1. The lowest BCUT2D eigenvalue weighted by Crippen LogP contribution is -2.59. The Hall–Kier alpha value is -1.86. The number of rotatable bonds is 3. The van der Waals surface area contributed by atoms with Crippen LogP contribution < -0.4 is 5.32 Å². The first kappa shape index (κ1) is 23.4. The van der Waals surface area contributed by atoms with Gasteiger partial charge in [0.15, 0.2) is 0 Å². The van der Waals surface area contributed by atoms with Crippen LogP contribution in [0.2, 0.25) is 0 Å². The summed E-state index contributed by atoms with van der Waals surface area (Å²) in [6.07, 6.45) is -2.57. The van der Waals surface area contributed by atoms with Crippen LogP contribution in [0.15, 0.2) is 0 Å². The summed E-state index contributed by atoms with van der Waals surface area (Å²) in [6, 6.07) is 0.